The van der Waals surface area contributed by atoms with Gasteiger partial charge in [0.05, 0.1) is 11.3 Å². The number of aliphatic hydroxyl groups is 1. The summed E-state index contributed by atoms with van der Waals surface area (Å²) in [5.74, 6) is -0.924. The number of hydrogen-bond donors (Lipinski definition) is 4. The average Bonchev–Trinajstić information content (AvgIpc) is 3.12. The van der Waals surface area contributed by atoms with Crippen molar-refractivity contribution in [3.8, 4) is 6.07 Å². The highest BCUT2D eigenvalue weighted by atomic mass is 32.2. The number of hydrogen-bond acceptors (Lipinski definition) is 9. The molecule has 0 fully saturated rings. The van der Waals surface area contributed by atoms with Crippen molar-refractivity contribution in [3.05, 3.63) is 35.3 Å². The van der Waals surface area contributed by atoms with Crippen LogP contribution in [-0.4, -0.2) is 51.3 Å². The van der Waals surface area contributed by atoms with Crippen molar-refractivity contribution < 1.29 is 24.1 Å². The lowest BCUT2D eigenvalue weighted by atomic mass is 10.2. The Morgan fingerprint density at radius 2 is 2.27 bits per heavy atom. The van der Waals surface area contributed by atoms with E-state index in [1.807, 2.05) is 5.48 Å². The maximum atomic E-state index is 13.4. The highest BCUT2D eigenvalue weighted by Crippen LogP contribution is 2.22. The number of nitrogens with one attached hydrogen (secondary N) is 2. The summed E-state index contributed by atoms with van der Waals surface area (Å²) in [4.78, 5) is 15.0. The Morgan fingerprint density at radius 1 is 1.46 bits per heavy atom. The molecular weight excluding hydrogens is 367 g/mol. The van der Waals surface area contributed by atoms with Crippen molar-refractivity contribution in [2.75, 3.05) is 18.9 Å². The monoisotopic (exact) mass is 380 g/mol. The number of nitrogens with zero attached hydrogens (tertiary/aromatic N) is 4. The zero-order chi connectivity index (χ0) is 18.9. The smallest absolute Gasteiger partial charge is 0.245 e. The van der Waals surface area contributed by atoms with Crippen LogP contribution in [0.15, 0.2) is 32.8 Å². The van der Waals surface area contributed by atoms with Gasteiger partial charge in [0.2, 0.25) is 5.91 Å². The van der Waals surface area contributed by atoms with E-state index in [4.69, 9.17) is 10.4 Å². The first-order valence-electron chi connectivity index (χ1n) is 7.10. The summed E-state index contributed by atoms with van der Waals surface area (Å²) in [5.41, 5.74) is 1.95. The van der Waals surface area contributed by atoms with Gasteiger partial charge in [0.15, 0.2) is 16.6 Å². The highest BCUT2D eigenvalue weighted by Gasteiger charge is 2.17. The molecule has 0 spiro atoms. The minimum absolute atomic E-state index is 0.0915. The summed E-state index contributed by atoms with van der Waals surface area (Å²) >= 11 is 1.16. The van der Waals surface area contributed by atoms with Gasteiger partial charge >= 0.3 is 0 Å². The number of thioether (sulfide) groups is 1. The molecule has 1 amide bonds. The molecule has 12 heteroatoms. The van der Waals surface area contributed by atoms with Crippen LogP contribution in [0.5, 0.6) is 0 Å². The molecule has 0 atom stereocenters. The largest absolute Gasteiger partial charge is 0.387 e. The first-order valence-corrected chi connectivity index (χ1v) is 8.09. The van der Waals surface area contributed by atoms with Gasteiger partial charge in [-0.1, -0.05) is 11.8 Å². The third kappa shape index (κ3) is 4.99. The molecule has 0 aliphatic rings. The number of aliphatic imine (C=N–C) groups is 1. The minimum Gasteiger partial charge on any atom is -0.387 e. The second-order valence-electron chi connectivity index (χ2n) is 4.62. The van der Waals surface area contributed by atoms with Gasteiger partial charge in [0, 0.05) is 12.3 Å². The molecule has 0 aliphatic carbocycles. The second-order valence-corrected chi connectivity index (χ2v) is 5.71. The molecule has 0 saturated carbocycles. The molecule has 136 valence electrons. The normalized spacial score (nSPS) is 11.1. The molecule has 0 bridgehead atoms. The number of nitriles is 1. The first-order chi connectivity index (χ1) is 12.6. The lowest BCUT2D eigenvalue weighted by Gasteiger charge is -2.04. The molecule has 0 unspecified atom stereocenters. The van der Waals surface area contributed by atoms with Gasteiger partial charge in [-0.05, 0) is 28.5 Å². The van der Waals surface area contributed by atoms with Gasteiger partial charge in [-0.2, -0.15) is 5.26 Å². The van der Waals surface area contributed by atoms with Crippen LogP contribution in [0.1, 0.15) is 11.3 Å². The van der Waals surface area contributed by atoms with Gasteiger partial charge in [-0.25, -0.2) is 14.0 Å². The van der Waals surface area contributed by atoms with Crippen LogP contribution in [0.3, 0.4) is 0 Å². The topological polar surface area (TPSA) is 157 Å². The van der Waals surface area contributed by atoms with E-state index in [0.29, 0.717) is 5.75 Å². The van der Waals surface area contributed by atoms with E-state index in [1.165, 1.54) is 12.1 Å². The Hall–Kier alpha value is -3.01. The van der Waals surface area contributed by atoms with Crippen molar-refractivity contribution in [1.82, 2.24) is 21.1 Å². The summed E-state index contributed by atoms with van der Waals surface area (Å²) in [6, 6.07) is 5.29. The van der Waals surface area contributed by atoms with Gasteiger partial charge < -0.3 is 10.4 Å². The van der Waals surface area contributed by atoms with Crippen LogP contribution in [-0.2, 0) is 4.79 Å². The average molecular weight is 380 g/mol. The van der Waals surface area contributed by atoms with Gasteiger partial charge in [-0.3, -0.25) is 15.5 Å². The number of rotatable bonds is 7. The Morgan fingerprint density at radius 3 is 2.96 bits per heavy atom. The van der Waals surface area contributed by atoms with Crippen LogP contribution in [0.4, 0.5) is 10.1 Å². The van der Waals surface area contributed by atoms with Crippen molar-refractivity contribution >= 4 is 29.2 Å². The minimum atomic E-state index is -0.686. The molecule has 1 heterocycles. The van der Waals surface area contributed by atoms with Crippen LogP contribution >= 0.6 is 11.8 Å². The van der Waals surface area contributed by atoms with E-state index in [2.05, 4.69) is 25.3 Å². The summed E-state index contributed by atoms with van der Waals surface area (Å²) < 4.78 is 18.0. The lowest BCUT2D eigenvalue weighted by molar-refractivity contribution is -0.123. The van der Waals surface area contributed by atoms with E-state index < -0.39 is 18.3 Å². The van der Waals surface area contributed by atoms with E-state index >= 15 is 0 Å². The van der Waals surface area contributed by atoms with Gasteiger partial charge in [-0.15, -0.1) is 0 Å². The van der Waals surface area contributed by atoms with Gasteiger partial charge in [0.1, 0.15) is 18.5 Å². The maximum absolute atomic E-state index is 13.4. The summed E-state index contributed by atoms with van der Waals surface area (Å²) in [7, 11) is 0. The molecular formula is C14H13FN6O4S. The number of halogens is 1. The van der Waals surface area contributed by atoms with Crippen LogP contribution in [0.2, 0.25) is 0 Å². The van der Waals surface area contributed by atoms with E-state index in [0.717, 1.165) is 17.8 Å². The molecule has 26 heavy (non-hydrogen) atoms. The molecule has 2 rings (SSSR count). The number of amides is 1. The number of carbonyl (C=O) groups is 1. The number of aromatic nitrogens is 2. The van der Waals surface area contributed by atoms with Crippen LogP contribution in [0.25, 0.3) is 0 Å². The summed E-state index contributed by atoms with van der Waals surface area (Å²) in [6.07, 6.45) is 0. The van der Waals surface area contributed by atoms with E-state index in [1.54, 1.807) is 6.07 Å². The molecule has 0 aliphatic heterocycles. The zero-order valence-electron chi connectivity index (χ0n) is 13.1. The number of amidine groups is 1. The highest BCUT2D eigenvalue weighted by molar-refractivity contribution is 7.99. The van der Waals surface area contributed by atoms with Gasteiger partial charge in [0.25, 0.3) is 0 Å². The fourth-order valence-electron chi connectivity index (χ4n) is 1.74. The fraction of sp³-hybridized carbons (Fsp3) is 0.214. The Kier molecular flexibility index (Phi) is 7.03. The SMILES string of the molecule is N#Cc1cc(N=C(NO)c2nonc2SCCNC(=O)CO)ccc1F. The number of benzene rings is 1. The van der Waals surface area contributed by atoms with Crippen molar-refractivity contribution in [2.24, 2.45) is 4.99 Å². The first kappa shape index (κ1) is 19.3. The van der Waals surface area contributed by atoms with E-state index in [9.17, 15) is 14.4 Å². The van der Waals surface area contributed by atoms with E-state index in [-0.39, 0.29) is 34.4 Å². The molecule has 1 aromatic carbocycles. The number of aliphatic hydroxyl groups excluding tert-OH is 1. The molecule has 2 aromatic rings. The lowest BCUT2D eigenvalue weighted by Crippen LogP contribution is -2.28. The quantitative estimate of drug-likeness (QED) is 0.175. The molecule has 0 saturated heterocycles. The van der Waals surface area contributed by atoms with Crippen molar-refractivity contribution in [2.45, 2.75) is 5.03 Å². The molecule has 10 nitrogen and oxygen atoms in total. The number of hydroxylamine groups is 1. The molecule has 1 aromatic heterocycles. The second kappa shape index (κ2) is 9.47. The summed E-state index contributed by atoms with van der Waals surface area (Å²) in [6.45, 7) is -0.339. The van der Waals surface area contributed by atoms with Crippen LogP contribution in [0, 0.1) is 17.1 Å². The summed E-state index contributed by atoms with van der Waals surface area (Å²) in [5, 5.41) is 36.9. The molecule has 0 radical (unpaired) electrons. The Balaban J connectivity index is 2.14. The fourth-order valence-corrected chi connectivity index (χ4v) is 2.50. The number of carbonyl (C=O) groups excluding carboxylic acids is 1. The third-order valence-electron chi connectivity index (χ3n) is 2.91. The Bertz CT molecular complexity index is 850. The Labute approximate surface area is 150 Å². The van der Waals surface area contributed by atoms with Crippen molar-refractivity contribution in [1.29, 1.82) is 5.26 Å². The van der Waals surface area contributed by atoms with Crippen LogP contribution < -0.4 is 10.8 Å². The standard InChI is InChI=1S/C14H13FN6O4S/c15-10-2-1-9(5-8(10)6-16)18-13(19-24)12-14(21-25-20-12)26-4-3-17-11(23)7-22/h1-2,5,22,24H,3-4,7H2,(H,17,23)(H,18,19). The predicted molar refractivity (Wildman–Crippen MR) is 87.4 cm³/mol. The maximum Gasteiger partial charge on any atom is 0.245 e. The molecule has 4 N–H and O–H groups in total. The third-order valence-corrected chi connectivity index (χ3v) is 3.86. The van der Waals surface area contributed by atoms with Crippen molar-refractivity contribution in [3.63, 3.8) is 0 Å². The zero-order valence-corrected chi connectivity index (χ0v) is 14.0. The predicted octanol–water partition coefficient (Wildman–Crippen LogP) is 0.338.